The summed E-state index contributed by atoms with van der Waals surface area (Å²) in [5.74, 6) is -1.07. The molecule has 0 aromatic heterocycles. The normalized spacial score (nSPS) is 17.2. The van der Waals surface area contributed by atoms with Crippen molar-refractivity contribution < 1.29 is 22.7 Å². The molecule has 8 heteroatoms. The number of nitrogens with one attached hydrogen (secondary N) is 2. The van der Waals surface area contributed by atoms with Crippen molar-refractivity contribution >= 4 is 21.9 Å². The molecule has 1 aromatic rings. The first kappa shape index (κ1) is 23.3. The molecule has 1 amide bonds. The second kappa shape index (κ2) is 9.71. The second-order valence-corrected chi connectivity index (χ2v) is 10.3. The highest BCUT2D eigenvalue weighted by atomic mass is 32.2. The van der Waals surface area contributed by atoms with Gasteiger partial charge in [0.1, 0.15) is 0 Å². The van der Waals surface area contributed by atoms with Gasteiger partial charge in [-0.2, -0.15) is 0 Å². The highest BCUT2D eigenvalue weighted by molar-refractivity contribution is 7.89. The Morgan fingerprint density at radius 2 is 1.72 bits per heavy atom. The van der Waals surface area contributed by atoms with E-state index in [2.05, 4.69) is 10.0 Å². The van der Waals surface area contributed by atoms with E-state index >= 15 is 0 Å². The molecule has 0 bridgehead atoms. The number of benzene rings is 1. The van der Waals surface area contributed by atoms with Crippen molar-refractivity contribution in [1.29, 1.82) is 0 Å². The Morgan fingerprint density at radius 3 is 2.31 bits per heavy atom. The Hall–Kier alpha value is -1.93. The van der Waals surface area contributed by atoms with Crippen molar-refractivity contribution in [2.75, 3.05) is 0 Å². The third-order valence-electron chi connectivity index (χ3n) is 4.68. The third kappa shape index (κ3) is 7.44. The maximum Gasteiger partial charge on any atom is 0.338 e. The zero-order valence-corrected chi connectivity index (χ0v) is 18.5. The van der Waals surface area contributed by atoms with Crippen molar-refractivity contribution in [2.24, 2.45) is 0 Å². The first-order valence-electron chi connectivity index (χ1n) is 10.1. The van der Waals surface area contributed by atoms with Gasteiger partial charge < -0.3 is 10.1 Å². The van der Waals surface area contributed by atoms with Crippen LogP contribution in [0.15, 0.2) is 29.2 Å². The molecule has 0 saturated heterocycles. The van der Waals surface area contributed by atoms with E-state index in [1.807, 2.05) is 0 Å². The third-order valence-corrected chi connectivity index (χ3v) is 6.43. The Labute approximate surface area is 173 Å². The molecule has 29 heavy (non-hydrogen) atoms. The summed E-state index contributed by atoms with van der Waals surface area (Å²) in [6.45, 7) is 6.72. The molecule has 0 aliphatic heterocycles. The van der Waals surface area contributed by atoms with Gasteiger partial charge in [-0.3, -0.25) is 4.79 Å². The van der Waals surface area contributed by atoms with Crippen LogP contribution in [-0.4, -0.2) is 38.0 Å². The van der Waals surface area contributed by atoms with Crippen LogP contribution >= 0.6 is 0 Å². The lowest BCUT2D eigenvalue weighted by molar-refractivity contribution is -0.129. The van der Waals surface area contributed by atoms with E-state index in [9.17, 15) is 18.0 Å². The summed E-state index contributed by atoms with van der Waals surface area (Å²) in [6.07, 6.45) is 5.45. The molecule has 1 aliphatic carbocycles. The lowest BCUT2D eigenvalue weighted by Gasteiger charge is -2.21. The van der Waals surface area contributed by atoms with Crippen molar-refractivity contribution in [1.82, 2.24) is 10.0 Å². The topological polar surface area (TPSA) is 102 Å². The van der Waals surface area contributed by atoms with Crippen molar-refractivity contribution in [3.63, 3.8) is 0 Å². The summed E-state index contributed by atoms with van der Waals surface area (Å²) in [4.78, 5) is 24.8. The molecule has 0 heterocycles. The smallest absolute Gasteiger partial charge is 0.338 e. The molecule has 1 aliphatic rings. The monoisotopic (exact) mass is 424 g/mol. The summed E-state index contributed by atoms with van der Waals surface area (Å²) in [5.41, 5.74) is -0.573. The van der Waals surface area contributed by atoms with Gasteiger partial charge in [-0.1, -0.05) is 31.7 Å². The van der Waals surface area contributed by atoms with Gasteiger partial charge in [0, 0.05) is 11.6 Å². The van der Waals surface area contributed by atoms with E-state index in [1.165, 1.54) is 44.0 Å². The summed E-state index contributed by atoms with van der Waals surface area (Å²) >= 11 is 0. The molecular formula is C21H32N2O5S. The van der Waals surface area contributed by atoms with Crippen LogP contribution in [0, 0.1) is 0 Å². The number of hydrogen-bond donors (Lipinski definition) is 2. The molecule has 1 saturated carbocycles. The quantitative estimate of drug-likeness (QED) is 0.540. The Balaban J connectivity index is 2.02. The number of carbonyl (C=O) groups is 2. The highest BCUT2D eigenvalue weighted by Gasteiger charge is 2.25. The maximum absolute atomic E-state index is 12.5. The molecule has 1 fully saturated rings. The molecule has 162 valence electrons. The number of carbonyl (C=O) groups excluding carboxylic acids is 2. The van der Waals surface area contributed by atoms with Gasteiger partial charge in [0.2, 0.25) is 10.0 Å². The van der Waals surface area contributed by atoms with Gasteiger partial charge in [0.15, 0.2) is 6.10 Å². The zero-order valence-electron chi connectivity index (χ0n) is 17.7. The molecule has 1 atom stereocenters. The first-order valence-corrected chi connectivity index (χ1v) is 11.6. The van der Waals surface area contributed by atoms with E-state index in [0.717, 1.165) is 25.7 Å². The van der Waals surface area contributed by atoms with E-state index in [4.69, 9.17) is 4.74 Å². The molecule has 2 N–H and O–H groups in total. The standard InChI is InChI=1S/C21H32N2O5S/c1-15(19(24)22-17-11-7-5-6-8-12-17)28-20(25)16-10-9-13-18(14-16)29(26,27)23-21(2,3)4/h9-10,13-15,17,23H,5-8,11-12H2,1-4H3,(H,22,24)/t15-/m0/s1. The van der Waals surface area contributed by atoms with Crippen LogP contribution in [-0.2, 0) is 19.6 Å². The van der Waals surface area contributed by atoms with E-state index in [0.29, 0.717) is 0 Å². The van der Waals surface area contributed by atoms with Crippen LogP contribution in [0.2, 0.25) is 0 Å². The minimum atomic E-state index is -3.78. The lowest BCUT2D eigenvalue weighted by atomic mass is 10.1. The molecule has 0 radical (unpaired) electrons. The summed E-state index contributed by atoms with van der Waals surface area (Å²) in [5, 5.41) is 2.95. The number of sulfonamides is 1. The summed E-state index contributed by atoms with van der Waals surface area (Å²) < 4.78 is 32.8. The minimum Gasteiger partial charge on any atom is -0.449 e. The van der Waals surface area contributed by atoms with Gasteiger partial charge in [-0.15, -0.1) is 0 Å². The van der Waals surface area contributed by atoms with E-state index in [1.54, 1.807) is 20.8 Å². The van der Waals surface area contributed by atoms with Crippen LogP contribution < -0.4 is 10.0 Å². The zero-order chi connectivity index (χ0) is 21.7. The van der Waals surface area contributed by atoms with Crippen molar-refractivity contribution in [3.8, 4) is 0 Å². The summed E-state index contributed by atoms with van der Waals surface area (Å²) in [6, 6.07) is 5.72. The molecule has 2 rings (SSSR count). The number of ether oxygens (including phenoxy) is 1. The SMILES string of the molecule is C[C@H](OC(=O)c1cccc(S(=O)(=O)NC(C)(C)C)c1)C(=O)NC1CCCCCC1. The first-order chi connectivity index (χ1) is 13.5. The fourth-order valence-corrected chi connectivity index (χ4v) is 4.74. The van der Waals surface area contributed by atoms with Crippen molar-refractivity contribution in [3.05, 3.63) is 29.8 Å². The predicted octanol–water partition coefficient (Wildman–Crippen LogP) is 3.15. The molecule has 7 nitrogen and oxygen atoms in total. The van der Waals surface area contributed by atoms with E-state index in [-0.39, 0.29) is 22.4 Å². The second-order valence-electron chi connectivity index (χ2n) is 8.63. The summed E-state index contributed by atoms with van der Waals surface area (Å²) in [7, 11) is -3.78. The maximum atomic E-state index is 12.5. The molecule has 0 unspecified atom stereocenters. The number of hydrogen-bond acceptors (Lipinski definition) is 5. The lowest BCUT2D eigenvalue weighted by Crippen LogP contribution is -2.42. The van der Waals surface area contributed by atoms with E-state index < -0.39 is 27.6 Å². The Kier molecular flexibility index (Phi) is 7.82. The van der Waals surface area contributed by atoms with Gasteiger partial charge in [0.05, 0.1) is 10.5 Å². The average molecular weight is 425 g/mol. The van der Waals surface area contributed by atoms with Gasteiger partial charge in [-0.05, 0) is 58.7 Å². The molecular weight excluding hydrogens is 392 g/mol. The number of rotatable bonds is 6. The Bertz CT molecular complexity index is 822. The average Bonchev–Trinajstić information content (AvgIpc) is 2.88. The minimum absolute atomic E-state index is 0.0302. The number of amides is 1. The van der Waals surface area contributed by atoms with Crippen LogP contribution in [0.25, 0.3) is 0 Å². The van der Waals surface area contributed by atoms with Crippen LogP contribution in [0.4, 0.5) is 0 Å². The fraction of sp³-hybridized carbons (Fsp3) is 0.619. The highest BCUT2D eigenvalue weighted by Crippen LogP contribution is 2.18. The Morgan fingerprint density at radius 1 is 1.10 bits per heavy atom. The van der Waals surface area contributed by atoms with Gasteiger partial charge in [0.25, 0.3) is 5.91 Å². The number of esters is 1. The van der Waals surface area contributed by atoms with Crippen LogP contribution in [0.1, 0.15) is 76.6 Å². The van der Waals surface area contributed by atoms with Gasteiger partial charge in [-0.25, -0.2) is 17.9 Å². The van der Waals surface area contributed by atoms with Crippen LogP contribution in [0.3, 0.4) is 0 Å². The van der Waals surface area contributed by atoms with Gasteiger partial charge >= 0.3 is 5.97 Å². The van der Waals surface area contributed by atoms with Crippen LogP contribution in [0.5, 0.6) is 0 Å². The predicted molar refractivity (Wildman–Crippen MR) is 111 cm³/mol. The molecule has 1 aromatic carbocycles. The fourth-order valence-electron chi connectivity index (χ4n) is 3.28. The van der Waals surface area contributed by atoms with Crippen molar-refractivity contribution in [2.45, 2.75) is 88.8 Å². The largest absolute Gasteiger partial charge is 0.449 e. The molecule has 0 spiro atoms.